The molecule has 0 aliphatic heterocycles. The summed E-state index contributed by atoms with van der Waals surface area (Å²) in [5, 5.41) is 1.88. The van der Waals surface area contributed by atoms with Crippen LogP contribution in [0.2, 0.25) is 23.2 Å². The maximum absolute atomic E-state index is 2.49. The molecule has 0 saturated carbocycles. The standard InChI is InChI=1S/C9H21SSi.Li/c1-7-8-10-11(5,6)9(2,3)4;/h1,7-8H2,2-6H3;. The van der Waals surface area contributed by atoms with Crippen molar-refractivity contribution in [1.29, 1.82) is 0 Å². The molecule has 0 heterocycles. The van der Waals surface area contributed by atoms with Gasteiger partial charge >= 0.3 is 92.3 Å². The fourth-order valence-electron chi connectivity index (χ4n) is 0.688. The summed E-state index contributed by atoms with van der Waals surface area (Å²) >= 11 is 4.52. The Bertz CT molecular complexity index is 129. The molecule has 0 saturated heterocycles. The van der Waals surface area contributed by atoms with E-state index in [0.717, 1.165) is 0 Å². The molecule has 0 bridgehead atoms. The van der Waals surface area contributed by atoms with Gasteiger partial charge in [0.25, 0.3) is 0 Å². The predicted molar refractivity (Wildman–Crippen MR) is 64.8 cm³/mol. The molecule has 0 amide bonds. The van der Waals surface area contributed by atoms with Crippen LogP contribution in [-0.2, 0) is 0 Å². The van der Waals surface area contributed by atoms with Gasteiger partial charge in [0, 0.05) is 0 Å². The monoisotopic (exact) mass is 196 g/mol. The second kappa shape index (κ2) is 5.15. The van der Waals surface area contributed by atoms with Crippen LogP contribution < -0.4 is 0 Å². The van der Waals surface area contributed by atoms with Crippen molar-refractivity contribution in [3.05, 3.63) is 0 Å². The molecule has 0 rings (SSSR count). The minimum atomic E-state index is -1.03. The third kappa shape index (κ3) is 4.41. The van der Waals surface area contributed by atoms with Gasteiger partial charge in [-0.3, -0.25) is 0 Å². The Morgan fingerprint density at radius 1 is 1.25 bits per heavy atom. The number of hydrogen-bond acceptors (Lipinski definition) is 1. The van der Waals surface area contributed by atoms with Crippen LogP contribution in [0.3, 0.4) is 0 Å². The zero-order valence-electron chi connectivity index (χ0n) is 9.53. The van der Waals surface area contributed by atoms with Crippen molar-refractivity contribution in [3.63, 3.8) is 0 Å². The first-order chi connectivity index (χ1) is 5.31. The molecule has 0 fully saturated rings. The van der Waals surface area contributed by atoms with Gasteiger partial charge in [-0.1, -0.05) is 0 Å². The predicted octanol–water partition coefficient (Wildman–Crippen LogP) is 3.70. The molecule has 0 nitrogen and oxygen atoms in total. The Morgan fingerprint density at radius 2 is 1.75 bits per heavy atom. The Morgan fingerprint density at radius 3 is 2.08 bits per heavy atom. The third-order valence-corrected chi connectivity index (χ3v) is 12.2. The van der Waals surface area contributed by atoms with Gasteiger partial charge in [-0.05, 0) is 0 Å². The third-order valence-electron chi connectivity index (χ3n) is 2.77. The molecule has 0 aromatic carbocycles. The number of hydrogen-bond donors (Lipinski definition) is 0. The van der Waals surface area contributed by atoms with Crippen molar-refractivity contribution in [2.75, 3.05) is 5.75 Å². The van der Waals surface area contributed by atoms with Crippen LogP contribution in [0.5, 0.6) is 0 Å². The molecule has 0 atom stereocenters. The zero-order chi connectivity index (χ0) is 9.83. The van der Waals surface area contributed by atoms with E-state index in [2.05, 4.69) is 62.8 Å². The van der Waals surface area contributed by atoms with E-state index in [-0.39, 0.29) is 0 Å². The molecule has 0 radical (unpaired) electrons. The van der Waals surface area contributed by atoms with Crippen molar-refractivity contribution < 1.29 is 0 Å². The van der Waals surface area contributed by atoms with Gasteiger partial charge in [0.1, 0.15) is 0 Å². The second-order valence-corrected chi connectivity index (χ2v) is 14.1. The van der Waals surface area contributed by atoms with Crippen molar-refractivity contribution in [2.24, 2.45) is 0 Å². The fraction of sp³-hybridized carbons (Fsp3) is 1.00. The van der Waals surface area contributed by atoms with Gasteiger partial charge in [-0.2, -0.15) is 0 Å². The van der Waals surface area contributed by atoms with E-state index in [1.807, 2.05) is 0 Å². The van der Waals surface area contributed by atoms with Crippen molar-refractivity contribution in [2.45, 2.75) is 50.4 Å². The first-order valence-electron chi connectivity index (χ1n) is 4.95. The first kappa shape index (κ1) is 13.2. The fourth-order valence-corrected chi connectivity index (χ4v) is 5.33. The van der Waals surface area contributed by atoms with Crippen LogP contribution in [0.4, 0.5) is 0 Å². The summed E-state index contributed by atoms with van der Waals surface area (Å²) in [6, 6.07) is 0. The molecule has 0 N–H and O–H groups in total. The van der Waals surface area contributed by atoms with Crippen LogP contribution in [0.1, 0.15) is 27.2 Å². The Kier molecular flexibility index (Phi) is 5.65. The van der Waals surface area contributed by atoms with Gasteiger partial charge in [0.05, 0.1) is 0 Å². The Balaban J connectivity index is 3.88. The van der Waals surface area contributed by atoms with E-state index in [1.165, 1.54) is 17.3 Å². The van der Waals surface area contributed by atoms with Gasteiger partial charge in [-0.15, -0.1) is 0 Å². The topological polar surface area (TPSA) is 0 Å². The van der Waals surface area contributed by atoms with Gasteiger partial charge in [0.15, 0.2) is 0 Å². The Hall–Kier alpha value is 1.16. The first-order valence-corrected chi connectivity index (χ1v) is 9.66. The van der Waals surface area contributed by atoms with Gasteiger partial charge in [0.2, 0.25) is 0 Å². The summed E-state index contributed by atoms with van der Waals surface area (Å²) in [6.07, 6.45) is 1.39. The molecule has 0 unspecified atom stereocenters. The van der Waals surface area contributed by atoms with E-state index >= 15 is 0 Å². The van der Waals surface area contributed by atoms with Crippen LogP contribution in [0.15, 0.2) is 0 Å². The van der Waals surface area contributed by atoms with Crippen LogP contribution in [0.25, 0.3) is 0 Å². The summed E-state index contributed by atoms with van der Waals surface area (Å²) in [6.45, 7) is 12.1. The van der Waals surface area contributed by atoms with E-state index in [1.54, 1.807) is 0 Å². The summed E-state index contributed by atoms with van der Waals surface area (Å²) < 4.78 is 0. The normalized spacial score (nSPS) is 13.6. The molecule has 0 aromatic heterocycles. The molecule has 68 valence electrons. The summed E-state index contributed by atoms with van der Waals surface area (Å²) in [5.41, 5.74) is 0. The van der Waals surface area contributed by atoms with E-state index < -0.39 is 7.22 Å². The minimum absolute atomic E-state index is 0.547. The van der Waals surface area contributed by atoms with Crippen LogP contribution in [-0.4, -0.2) is 30.7 Å². The molecule has 3 heteroatoms. The average molecular weight is 196 g/mol. The SMILES string of the molecule is [Li][CH2]CCS[Si](C)(C)C(C)(C)C. The summed E-state index contributed by atoms with van der Waals surface area (Å²) in [5.74, 6) is 1.37. The molecule has 0 aliphatic carbocycles. The van der Waals surface area contributed by atoms with Gasteiger partial charge in [-0.25, -0.2) is 0 Å². The molecular formula is C9H21LiSSi. The zero-order valence-corrected chi connectivity index (χ0v) is 11.3. The van der Waals surface area contributed by atoms with E-state index in [0.29, 0.717) is 5.04 Å². The number of rotatable bonds is 4. The van der Waals surface area contributed by atoms with Gasteiger partial charge < -0.3 is 0 Å². The molecule has 0 spiro atoms. The molecule has 0 aromatic rings. The maximum atomic E-state index is 2.49. The summed E-state index contributed by atoms with van der Waals surface area (Å²) in [7, 11) is -1.03. The molecular weight excluding hydrogens is 175 g/mol. The van der Waals surface area contributed by atoms with Crippen LogP contribution in [0, 0.1) is 0 Å². The Labute approximate surface area is 92.1 Å². The second-order valence-electron chi connectivity index (χ2n) is 4.96. The quantitative estimate of drug-likeness (QED) is 0.488. The van der Waals surface area contributed by atoms with E-state index in [4.69, 9.17) is 0 Å². The van der Waals surface area contributed by atoms with E-state index in [9.17, 15) is 0 Å². The average Bonchev–Trinajstić information content (AvgIpc) is 1.85. The van der Waals surface area contributed by atoms with Crippen molar-refractivity contribution in [1.82, 2.24) is 0 Å². The van der Waals surface area contributed by atoms with Crippen molar-refractivity contribution in [3.8, 4) is 0 Å². The summed E-state index contributed by atoms with van der Waals surface area (Å²) in [4.78, 5) is 0. The van der Waals surface area contributed by atoms with Crippen molar-refractivity contribution >= 4 is 36.1 Å². The molecule has 0 aliphatic rings. The van der Waals surface area contributed by atoms with Crippen LogP contribution >= 0.6 is 11.2 Å². The molecule has 12 heavy (non-hydrogen) atoms.